The molecule has 0 saturated carbocycles. The van der Waals surface area contributed by atoms with Crippen LogP contribution in [0.4, 0.5) is 11.5 Å². The Hall–Kier alpha value is -2.05. The minimum absolute atomic E-state index is 0.236. The van der Waals surface area contributed by atoms with Gasteiger partial charge in [-0.15, -0.1) is 0 Å². The number of nitrogens with zero attached hydrogens (tertiary/aromatic N) is 3. The van der Waals surface area contributed by atoms with Gasteiger partial charge >= 0.3 is 0 Å². The van der Waals surface area contributed by atoms with Crippen LogP contribution in [0.2, 0.25) is 10.0 Å². The topological polar surface area (TPSA) is 67.2 Å². The number of hydrogen-bond donors (Lipinski definition) is 1. The quantitative estimate of drug-likeness (QED) is 0.753. The van der Waals surface area contributed by atoms with E-state index in [9.17, 15) is 9.59 Å². The minimum Gasteiger partial charge on any atom is -0.312 e. The molecule has 0 aliphatic carbocycles. The van der Waals surface area contributed by atoms with E-state index in [-0.39, 0.29) is 11.8 Å². The molecule has 2 heterocycles. The molecule has 1 aromatic carbocycles. The van der Waals surface area contributed by atoms with E-state index < -0.39 is 5.92 Å². The van der Waals surface area contributed by atoms with Gasteiger partial charge < -0.3 is 10.2 Å². The lowest BCUT2D eigenvalue weighted by atomic mass is 10.1. The first kappa shape index (κ1) is 18.7. The molecule has 1 aliphatic heterocycles. The summed E-state index contributed by atoms with van der Waals surface area (Å²) >= 11 is 12.0. The first-order chi connectivity index (χ1) is 12.5. The molecule has 1 unspecified atom stereocenters. The summed E-state index contributed by atoms with van der Waals surface area (Å²) in [7, 11) is 0. The Bertz CT molecular complexity index is 821. The molecule has 1 aromatic heterocycles. The number of carbonyl (C=O) groups excluding carboxylic acids is 2. The molecule has 1 aliphatic rings. The third-order valence-electron chi connectivity index (χ3n) is 4.43. The fourth-order valence-electron chi connectivity index (χ4n) is 2.97. The van der Waals surface area contributed by atoms with Gasteiger partial charge in [0.2, 0.25) is 11.8 Å². The second-order valence-corrected chi connectivity index (χ2v) is 7.03. The average Bonchev–Trinajstić information content (AvgIpc) is 3.22. The van der Waals surface area contributed by atoms with Crippen molar-refractivity contribution in [3.05, 3.63) is 40.5 Å². The largest absolute Gasteiger partial charge is 0.312 e. The van der Waals surface area contributed by atoms with E-state index in [4.69, 9.17) is 23.2 Å². The van der Waals surface area contributed by atoms with E-state index in [2.05, 4.69) is 17.3 Å². The minimum atomic E-state index is -0.723. The standard InChI is InChI=1S/C18H20Cl2N4O2/c1-2-3-9-24-16(6-8-21-24)22-17(25)13-7-10-23(18(13)26)12-4-5-14(19)15(20)11-12/h4-6,8,11,13H,2-3,7,9-10H2,1H3,(H,22,25). The van der Waals surface area contributed by atoms with E-state index in [0.29, 0.717) is 34.5 Å². The summed E-state index contributed by atoms with van der Waals surface area (Å²) in [6.45, 7) is 3.29. The zero-order chi connectivity index (χ0) is 18.7. The molecule has 3 rings (SSSR count). The Morgan fingerprint density at radius 2 is 2.12 bits per heavy atom. The van der Waals surface area contributed by atoms with Crippen LogP contribution >= 0.6 is 23.2 Å². The normalized spacial score (nSPS) is 17.0. The number of unbranched alkanes of at least 4 members (excludes halogenated alkanes) is 1. The first-order valence-electron chi connectivity index (χ1n) is 8.60. The summed E-state index contributed by atoms with van der Waals surface area (Å²) in [4.78, 5) is 26.9. The summed E-state index contributed by atoms with van der Waals surface area (Å²) in [5.74, 6) is -0.653. The van der Waals surface area contributed by atoms with Gasteiger partial charge in [-0.3, -0.25) is 9.59 Å². The number of nitrogens with one attached hydrogen (secondary N) is 1. The maximum absolute atomic E-state index is 12.7. The van der Waals surface area contributed by atoms with Gasteiger partial charge in [-0.05, 0) is 31.0 Å². The zero-order valence-electron chi connectivity index (χ0n) is 14.4. The van der Waals surface area contributed by atoms with Crippen LogP contribution in [0.15, 0.2) is 30.5 Å². The van der Waals surface area contributed by atoms with Crippen LogP contribution in [0.25, 0.3) is 0 Å². The van der Waals surface area contributed by atoms with Crippen molar-refractivity contribution in [1.29, 1.82) is 0 Å². The number of benzene rings is 1. The van der Waals surface area contributed by atoms with Crippen molar-refractivity contribution in [2.45, 2.75) is 32.7 Å². The Labute approximate surface area is 162 Å². The monoisotopic (exact) mass is 394 g/mol. The van der Waals surface area contributed by atoms with Gasteiger partial charge in [-0.2, -0.15) is 5.10 Å². The van der Waals surface area contributed by atoms with Crippen LogP contribution in [0.3, 0.4) is 0 Å². The molecule has 26 heavy (non-hydrogen) atoms. The van der Waals surface area contributed by atoms with Gasteiger partial charge in [0.25, 0.3) is 0 Å². The molecule has 138 valence electrons. The predicted octanol–water partition coefficient (Wildman–Crippen LogP) is 3.98. The lowest BCUT2D eigenvalue weighted by molar-refractivity contribution is -0.129. The highest BCUT2D eigenvalue weighted by Gasteiger charge is 2.38. The van der Waals surface area contributed by atoms with Crippen LogP contribution in [-0.4, -0.2) is 28.1 Å². The van der Waals surface area contributed by atoms with Crippen LogP contribution in [0.5, 0.6) is 0 Å². The fourth-order valence-corrected chi connectivity index (χ4v) is 3.26. The molecule has 0 spiro atoms. The van der Waals surface area contributed by atoms with Gasteiger partial charge in [0.15, 0.2) is 0 Å². The number of halogens is 2. The van der Waals surface area contributed by atoms with Gasteiger partial charge in [0.05, 0.1) is 16.2 Å². The molecule has 0 radical (unpaired) electrons. The number of hydrogen-bond acceptors (Lipinski definition) is 3. The van der Waals surface area contributed by atoms with Crippen molar-refractivity contribution >= 4 is 46.5 Å². The number of rotatable bonds is 6. The number of aromatic nitrogens is 2. The number of carbonyl (C=O) groups is 2. The van der Waals surface area contributed by atoms with Crippen LogP contribution in [0.1, 0.15) is 26.2 Å². The Balaban J connectivity index is 1.69. The van der Waals surface area contributed by atoms with Crippen LogP contribution in [0, 0.1) is 5.92 Å². The van der Waals surface area contributed by atoms with Gasteiger partial charge in [0, 0.05) is 24.8 Å². The molecule has 0 bridgehead atoms. The number of anilines is 2. The molecule has 1 N–H and O–H groups in total. The smallest absolute Gasteiger partial charge is 0.239 e. The third-order valence-corrected chi connectivity index (χ3v) is 5.17. The highest BCUT2D eigenvalue weighted by atomic mass is 35.5. The highest BCUT2D eigenvalue weighted by Crippen LogP contribution is 2.31. The third kappa shape index (κ3) is 3.86. The van der Waals surface area contributed by atoms with Crippen molar-refractivity contribution in [3.8, 4) is 0 Å². The SMILES string of the molecule is CCCCn1nccc1NC(=O)C1CCN(c2ccc(Cl)c(Cl)c2)C1=O. The predicted molar refractivity (Wildman–Crippen MR) is 103 cm³/mol. The van der Waals surface area contributed by atoms with Crippen LogP contribution in [-0.2, 0) is 16.1 Å². The molecule has 2 amide bonds. The Morgan fingerprint density at radius 1 is 1.31 bits per heavy atom. The molecule has 1 fully saturated rings. The van der Waals surface area contributed by atoms with Crippen LogP contribution < -0.4 is 10.2 Å². The van der Waals surface area contributed by atoms with E-state index in [1.54, 1.807) is 40.0 Å². The fraction of sp³-hybridized carbons (Fsp3) is 0.389. The summed E-state index contributed by atoms with van der Waals surface area (Å²) in [5.41, 5.74) is 0.646. The second kappa shape index (κ2) is 8.10. The molecule has 8 heteroatoms. The van der Waals surface area contributed by atoms with Crippen molar-refractivity contribution in [1.82, 2.24) is 9.78 Å². The van der Waals surface area contributed by atoms with Crippen molar-refractivity contribution in [2.75, 3.05) is 16.8 Å². The summed E-state index contributed by atoms with van der Waals surface area (Å²) in [6, 6.07) is 6.75. The molecular weight excluding hydrogens is 375 g/mol. The summed E-state index contributed by atoms with van der Waals surface area (Å²) in [6.07, 6.45) is 4.10. The van der Waals surface area contributed by atoms with Gasteiger partial charge in [0.1, 0.15) is 11.7 Å². The Kier molecular flexibility index (Phi) is 5.84. The van der Waals surface area contributed by atoms with E-state index >= 15 is 0 Å². The lowest BCUT2D eigenvalue weighted by Gasteiger charge is -2.17. The molecular formula is C18H20Cl2N4O2. The van der Waals surface area contributed by atoms with Crippen molar-refractivity contribution in [3.63, 3.8) is 0 Å². The summed E-state index contributed by atoms with van der Waals surface area (Å²) in [5, 5.41) is 7.85. The maximum Gasteiger partial charge on any atom is 0.239 e. The van der Waals surface area contributed by atoms with E-state index in [1.807, 2.05) is 0 Å². The molecule has 6 nitrogen and oxygen atoms in total. The molecule has 1 atom stereocenters. The van der Waals surface area contributed by atoms with Gasteiger partial charge in [-0.25, -0.2) is 4.68 Å². The first-order valence-corrected chi connectivity index (χ1v) is 9.36. The average molecular weight is 395 g/mol. The Morgan fingerprint density at radius 3 is 2.85 bits per heavy atom. The molecule has 2 aromatic rings. The van der Waals surface area contributed by atoms with Crippen molar-refractivity contribution < 1.29 is 9.59 Å². The van der Waals surface area contributed by atoms with Gasteiger partial charge in [-0.1, -0.05) is 36.5 Å². The number of amides is 2. The number of aryl methyl sites for hydroxylation is 1. The van der Waals surface area contributed by atoms with Crippen molar-refractivity contribution in [2.24, 2.45) is 5.92 Å². The zero-order valence-corrected chi connectivity index (χ0v) is 15.9. The highest BCUT2D eigenvalue weighted by molar-refractivity contribution is 6.42. The maximum atomic E-state index is 12.7. The van der Waals surface area contributed by atoms with E-state index in [1.165, 1.54) is 0 Å². The lowest BCUT2D eigenvalue weighted by Crippen LogP contribution is -2.33. The van der Waals surface area contributed by atoms with E-state index in [0.717, 1.165) is 19.4 Å². The molecule has 1 saturated heterocycles. The second-order valence-electron chi connectivity index (χ2n) is 6.21. The summed E-state index contributed by atoms with van der Waals surface area (Å²) < 4.78 is 1.75.